The van der Waals surface area contributed by atoms with Gasteiger partial charge in [-0.05, 0) is 59.5 Å². The van der Waals surface area contributed by atoms with Crippen LogP contribution < -0.4 is 10.2 Å². The van der Waals surface area contributed by atoms with Gasteiger partial charge in [-0.2, -0.15) is 4.31 Å². The number of anilines is 1. The number of nitrogens with zero attached hydrogens (tertiary/aromatic N) is 2. The van der Waals surface area contributed by atoms with Gasteiger partial charge in [0.15, 0.2) is 0 Å². The molecule has 0 aromatic heterocycles. The van der Waals surface area contributed by atoms with E-state index in [2.05, 4.69) is 34.5 Å². The zero-order valence-corrected chi connectivity index (χ0v) is 20.5. The van der Waals surface area contributed by atoms with Crippen molar-refractivity contribution in [2.45, 2.75) is 38.3 Å². The Morgan fingerprint density at radius 2 is 1.56 bits per heavy atom. The van der Waals surface area contributed by atoms with Crippen LogP contribution in [0, 0.1) is 0 Å². The van der Waals surface area contributed by atoms with Crippen LogP contribution in [0.5, 0.6) is 0 Å². The lowest BCUT2D eigenvalue weighted by Gasteiger charge is -2.30. The predicted octanol–water partition coefficient (Wildman–Crippen LogP) is 4.21. The first kappa shape index (κ1) is 24.0. The van der Waals surface area contributed by atoms with E-state index in [1.165, 1.54) is 15.4 Å². The first-order valence-corrected chi connectivity index (χ1v) is 13.2. The van der Waals surface area contributed by atoms with Crippen LogP contribution in [0.4, 0.5) is 5.69 Å². The minimum Gasteiger partial charge on any atom is -0.367 e. The summed E-state index contributed by atoms with van der Waals surface area (Å²) in [6.07, 6.45) is 1.02. The Morgan fingerprint density at radius 1 is 0.912 bits per heavy atom. The molecule has 1 amide bonds. The molecule has 3 aromatic carbocycles. The van der Waals surface area contributed by atoms with Crippen LogP contribution in [0.1, 0.15) is 40.9 Å². The number of hydrogen-bond donors (Lipinski definition) is 1. The molecule has 1 N–H and O–H groups in total. The van der Waals surface area contributed by atoms with Crippen LogP contribution in [0.3, 0.4) is 0 Å². The molecule has 1 heterocycles. The summed E-state index contributed by atoms with van der Waals surface area (Å²) in [5, 5.41) is 2.92. The van der Waals surface area contributed by atoms with Crippen LogP contribution in [-0.4, -0.2) is 38.3 Å². The quantitative estimate of drug-likeness (QED) is 0.528. The SMILES string of the molecule is CCN(CC)S(=O)(=O)c1ccc(CNC(=O)c2ccc(N3CCc4ccccc4C3)cc2)cc1. The van der Waals surface area contributed by atoms with Crippen molar-refractivity contribution in [1.82, 2.24) is 9.62 Å². The molecular weight excluding hydrogens is 446 g/mol. The monoisotopic (exact) mass is 477 g/mol. The summed E-state index contributed by atoms with van der Waals surface area (Å²) in [6.45, 7) is 6.67. The highest BCUT2D eigenvalue weighted by Gasteiger charge is 2.21. The molecular formula is C27H31N3O3S. The molecule has 7 heteroatoms. The van der Waals surface area contributed by atoms with Gasteiger partial charge < -0.3 is 10.2 Å². The molecule has 0 atom stereocenters. The van der Waals surface area contributed by atoms with Gasteiger partial charge in [0.2, 0.25) is 10.0 Å². The molecule has 1 aliphatic heterocycles. The molecule has 0 saturated carbocycles. The Kier molecular flexibility index (Phi) is 7.34. The van der Waals surface area contributed by atoms with E-state index in [1.54, 1.807) is 24.3 Å². The van der Waals surface area contributed by atoms with Crippen molar-refractivity contribution < 1.29 is 13.2 Å². The third-order valence-corrected chi connectivity index (χ3v) is 8.41. The first-order chi connectivity index (χ1) is 16.4. The van der Waals surface area contributed by atoms with E-state index in [0.29, 0.717) is 25.2 Å². The van der Waals surface area contributed by atoms with Crippen LogP contribution in [-0.2, 0) is 29.5 Å². The third-order valence-electron chi connectivity index (χ3n) is 6.34. The van der Waals surface area contributed by atoms with E-state index in [-0.39, 0.29) is 10.8 Å². The summed E-state index contributed by atoms with van der Waals surface area (Å²) >= 11 is 0. The second kappa shape index (κ2) is 10.4. The minimum atomic E-state index is -3.48. The fraction of sp³-hybridized carbons (Fsp3) is 0.296. The maximum absolute atomic E-state index is 12.6. The highest BCUT2D eigenvalue weighted by Crippen LogP contribution is 2.24. The molecule has 0 fully saturated rings. The summed E-state index contributed by atoms with van der Waals surface area (Å²) in [5.41, 5.74) is 5.31. The van der Waals surface area contributed by atoms with Gasteiger partial charge in [-0.1, -0.05) is 50.2 Å². The number of amides is 1. The van der Waals surface area contributed by atoms with Crippen molar-refractivity contribution in [3.63, 3.8) is 0 Å². The molecule has 0 bridgehead atoms. The van der Waals surface area contributed by atoms with Crippen molar-refractivity contribution >= 4 is 21.6 Å². The van der Waals surface area contributed by atoms with E-state index in [4.69, 9.17) is 0 Å². The van der Waals surface area contributed by atoms with Gasteiger partial charge in [0.05, 0.1) is 4.90 Å². The number of sulfonamides is 1. The lowest BCUT2D eigenvalue weighted by molar-refractivity contribution is 0.0951. The summed E-state index contributed by atoms with van der Waals surface area (Å²) in [6, 6.07) is 22.9. The summed E-state index contributed by atoms with van der Waals surface area (Å²) in [4.78, 5) is 15.2. The van der Waals surface area contributed by atoms with E-state index < -0.39 is 10.0 Å². The van der Waals surface area contributed by atoms with E-state index in [1.807, 2.05) is 38.1 Å². The van der Waals surface area contributed by atoms with Gasteiger partial charge in [0, 0.05) is 44.0 Å². The molecule has 1 aliphatic rings. The predicted molar refractivity (Wildman–Crippen MR) is 135 cm³/mol. The van der Waals surface area contributed by atoms with Gasteiger partial charge in [0.1, 0.15) is 0 Å². The summed E-state index contributed by atoms with van der Waals surface area (Å²) < 4.78 is 26.7. The molecule has 3 aromatic rings. The second-order valence-corrected chi connectivity index (χ2v) is 10.3. The molecule has 6 nitrogen and oxygen atoms in total. The number of carbonyl (C=O) groups excluding carboxylic acids is 1. The number of rotatable bonds is 8. The number of nitrogens with one attached hydrogen (secondary N) is 1. The molecule has 0 aliphatic carbocycles. The van der Waals surface area contributed by atoms with Crippen LogP contribution in [0.15, 0.2) is 77.7 Å². The Labute approximate surface area is 202 Å². The van der Waals surface area contributed by atoms with E-state index in [0.717, 1.165) is 30.8 Å². The lowest BCUT2D eigenvalue weighted by atomic mass is 9.99. The summed E-state index contributed by atoms with van der Waals surface area (Å²) in [5.74, 6) is -0.157. The smallest absolute Gasteiger partial charge is 0.251 e. The molecule has 178 valence electrons. The van der Waals surface area contributed by atoms with Crippen molar-refractivity contribution in [3.8, 4) is 0 Å². The first-order valence-electron chi connectivity index (χ1n) is 11.7. The van der Waals surface area contributed by atoms with Gasteiger partial charge in [0.25, 0.3) is 5.91 Å². The van der Waals surface area contributed by atoms with E-state index in [9.17, 15) is 13.2 Å². The molecule has 0 saturated heterocycles. The highest BCUT2D eigenvalue weighted by atomic mass is 32.2. The van der Waals surface area contributed by atoms with Crippen LogP contribution in [0.25, 0.3) is 0 Å². The Hall–Kier alpha value is -3.16. The average Bonchev–Trinajstić information content (AvgIpc) is 2.88. The second-order valence-electron chi connectivity index (χ2n) is 8.40. The zero-order valence-electron chi connectivity index (χ0n) is 19.7. The Bertz CT molecular complexity index is 1230. The minimum absolute atomic E-state index is 0.157. The van der Waals surface area contributed by atoms with Gasteiger partial charge in [-0.15, -0.1) is 0 Å². The maximum Gasteiger partial charge on any atom is 0.251 e. The van der Waals surface area contributed by atoms with Crippen molar-refractivity contribution in [3.05, 3.63) is 95.1 Å². The zero-order chi connectivity index (χ0) is 24.1. The van der Waals surface area contributed by atoms with E-state index >= 15 is 0 Å². The number of fused-ring (bicyclic) bond motifs is 1. The molecule has 0 radical (unpaired) electrons. The number of benzene rings is 3. The third kappa shape index (κ3) is 5.16. The highest BCUT2D eigenvalue weighted by molar-refractivity contribution is 7.89. The standard InChI is InChI=1S/C27H31N3O3S/c1-3-30(4-2)34(32,33)26-15-9-21(10-16-26)19-28-27(31)23-11-13-25(14-12-23)29-18-17-22-7-5-6-8-24(22)20-29/h5-16H,3-4,17-20H2,1-2H3,(H,28,31). The summed E-state index contributed by atoms with van der Waals surface area (Å²) in [7, 11) is -3.48. The van der Waals surface area contributed by atoms with Crippen LogP contribution >= 0.6 is 0 Å². The fourth-order valence-corrected chi connectivity index (χ4v) is 5.77. The number of hydrogen-bond acceptors (Lipinski definition) is 4. The van der Waals surface area contributed by atoms with Gasteiger partial charge in [-0.25, -0.2) is 8.42 Å². The maximum atomic E-state index is 12.6. The molecule has 34 heavy (non-hydrogen) atoms. The topological polar surface area (TPSA) is 69.7 Å². The lowest BCUT2D eigenvalue weighted by Crippen LogP contribution is -2.30. The van der Waals surface area contributed by atoms with Crippen molar-refractivity contribution in [2.75, 3.05) is 24.5 Å². The molecule has 4 rings (SSSR count). The molecule has 0 unspecified atom stereocenters. The van der Waals surface area contributed by atoms with Gasteiger partial charge in [-0.3, -0.25) is 4.79 Å². The largest absolute Gasteiger partial charge is 0.367 e. The Balaban J connectivity index is 1.35. The average molecular weight is 478 g/mol. The molecule has 0 spiro atoms. The van der Waals surface area contributed by atoms with Crippen LogP contribution in [0.2, 0.25) is 0 Å². The van der Waals surface area contributed by atoms with Gasteiger partial charge >= 0.3 is 0 Å². The normalized spacial score (nSPS) is 13.6. The van der Waals surface area contributed by atoms with Crippen molar-refractivity contribution in [1.29, 1.82) is 0 Å². The van der Waals surface area contributed by atoms with Crippen molar-refractivity contribution in [2.24, 2.45) is 0 Å². The number of carbonyl (C=O) groups is 1. The Morgan fingerprint density at radius 3 is 2.21 bits per heavy atom. The fourth-order valence-electron chi connectivity index (χ4n) is 4.32.